The summed E-state index contributed by atoms with van der Waals surface area (Å²) in [5, 5.41) is 3.23. The molecule has 0 aromatic heterocycles. The van der Waals surface area contributed by atoms with Crippen LogP contribution in [0.25, 0.3) is 10.8 Å². The Kier molecular flexibility index (Phi) is 4.65. The van der Waals surface area contributed by atoms with Crippen LogP contribution in [0.2, 0.25) is 0 Å². The second-order valence-corrected chi connectivity index (χ2v) is 7.18. The average Bonchev–Trinajstić information content (AvgIpc) is 2.53. The van der Waals surface area contributed by atoms with Crippen LogP contribution in [-0.4, -0.2) is 29.2 Å². The lowest BCUT2D eigenvalue weighted by Gasteiger charge is -2.32. The molecule has 4 heteroatoms. The number of halogens is 2. The van der Waals surface area contributed by atoms with Gasteiger partial charge < -0.3 is 4.90 Å². The fourth-order valence-electron chi connectivity index (χ4n) is 2.91. The quantitative estimate of drug-likeness (QED) is 0.648. The summed E-state index contributed by atoms with van der Waals surface area (Å²) in [5.74, 6) is 0.740. The van der Waals surface area contributed by atoms with Gasteiger partial charge in [0.05, 0.1) is 0 Å². The number of carbonyl (C=O) groups is 1. The predicted octanol–water partition coefficient (Wildman–Crippen LogP) is 4.85. The van der Waals surface area contributed by atoms with E-state index in [0.717, 1.165) is 45.6 Å². The molecule has 2 nitrogen and oxygen atoms in total. The summed E-state index contributed by atoms with van der Waals surface area (Å²) in [7, 11) is 0. The van der Waals surface area contributed by atoms with Crippen LogP contribution < -0.4 is 0 Å². The predicted molar refractivity (Wildman–Crippen MR) is 94.1 cm³/mol. The molecule has 1 aliphatic heterocycles. The lowest BCUT2D eigenvalue weighted by Crippen LogP contribution is -2.40. The summed E-state index contributed by atoms with van der Waals surface area (Å²) in [5.41, 5.74) is 0.792. The van der Waals surface area contributed by atoms with Gasteiger partial charge in [-0.05, 0) is 53.8 Å². The van der Waals surface area contributed by atoms with Gasteiger partial charge in [-0.25, -0.2) is 0 Å². The van der Waals surface area contributed by atoms with Crippen LogP contribution in [0.4, 0.5) is 0 Å². The van der Waals surface area contributed by atoms with Crippen molar-refractivity contribution in [1.82, 2.24) is 4.90 Å². The number of nitrogens with zero attached hydrogens (tertiary/aromatic N) is 1. The highest BCUT2D eigenvalue weighted by molar-refractivity contribution is 9.10. The largest absolute Gasteiger partial charge is 0.338 e. The minimum Gasteiger partial charge on any atom is -0.338 e. The number of amides is 1. The minimum absolute atomic E-state index is 0.158. The first-order valence-electron chi connectivity index (χ1n) is 7.22. The summed E-state index contributed by atoms with van der Waals surface area (Å²) in [6, 6.07) is 12.1. The van der Waals surface area contributed by atoms with Crippen molar-refractivity contribution in [2.75, 3.05) is 18.4 Å². The first kappa shape index (κ1) is 15.0. The molecule has 0 bridgehead atoms. The fraction of sp³-hybridized carbons (Fsp3) is 0.353. The first-order chi connectivity index (χ1) is 10.2. The number of piperidine rings is 1. The maximum absolute atomic E-state index is 12.7. The van der Waals surface area contributed by atoms with Gasteiger partial charge in [-0.2, -0.15) is 0 Å². The van der Waals surface area contributed by atoms with Crippen LogP contribution in [0, 0.1) is 5.92 Å². The van der Waals surface area contributed by atoms with E-state index in [2.05, 4.69) is 37.9 Å². The third-order valence-electron chi connectivity index (χ3n) is 4.07. The van der Waals surface area contributed by atoms with Crippen molar-refractivity contribution in [1.29, 1.82) is 0 Å². The Hall–Kier alpha value is -0.870. The zero-order valence-electron chi connectivity index (χ0n) is 11.7. The van der Waals surface area contributed by atoms with Crippen LogP contribution in [0.1, 0.15) is 23.2 Å². The molecular formula is C17H17Br2NO. The van der Waals surface area contributed by atoms with Gasteiger partial charge in [0.2, 0.25) is 0 Å². The number of hydrogen-bond donors (Lipinski definition) is 0. The molecule has 110 valence electrons. The van der Waals surface area contributed by atoms with Gasteiger partial charge in [-0.3, -0.25) is 4.79 Å². The Morgan fingerprint density at radius 3 is 2.76 bits per heavy atom. The van der Waals surface area contributed by atoms with E-state index in [1.807, 2.05) is 35.2 Å². The van der Waals surface area contributed by atoms with E-state index >= 15 is 0 Å². The number of alkyl halides is 1. The van der Waals surface area contributed by atoms with E-state index in [-0.39, 0.29) is 5.91 Å². The van der Waals surface area contributed by atoms with E-state index in [1.54, 1.807) is 0 Å². The van der Waals surface area contributed by atoms with Gasteiger partial charge in [-0.15, -0.1) is 0 Å². The summed E-state index contributed by atoms with van der Waals surface area (Å²) in [6.07, 6.45) is 2.31. The Morgan fingerprint density at radius 1 is 1.19 bits per heavy atom. The summed E-state index contributed by atoms with van der Waals surface area (Å²) < 4.78 is 1.06. The molecule has 0 aliphatic carbocycles. The van der Waals surface area contributed by atoms with Gasteiger partial charge in [0, 0.05) is 28.5 Å². The number of hydrogen-bond acceptors (Lipinski definition) is 1. The molecule has 2 aromatic carbocycles. The van der Waals surface area contributed by atoms with Crippen LogP contribution in [-0.2, 0) is 0 Å². The average molecular weight is 411 g/mol. The van der Waals surface area contributed by atoms with E-state index in [0.29, 0.717) is 5.92 Å². The first-order valence-corrected chi connectivity index (χ1v) is 9.13. The Morgan fingerprint density at radius 2 is 1.95 bits per heavy atom. The van der Waals surface area contributed by atoms with E-state index in [9.17, 15) is 4.79 Å². The molecule has 21 heavy (non-hydrogen) atoms. The molecule has 1 atom stereocenters. The smallest absolute Gasteiger partial charge is 0.253 e. The second-order valence-electron chi connectivity index (χ2n) is 5.62. The van der Waals surface area contributed by atoms with Gasteiger partial charge in [0.15, 0.2) is 0 Å². The van der Waals surface area contributed by atoms with Crippen molar-refractivity contribution in [3.05, 3.63) is 46.4 Å². The molecule has 1 fully saturated rings. The molecular weight excluding hydrogens is 394 g/mol. The van der Waals surface area contributed by atoms with E-state index in [1.165, 1.54) is 6.42 Å². The minimum atomic E-state index is 0.158. The highest BCUT2D eigenvalue weighted by Crippen LogP contribution is 2.24. The zero-order valence-corrected chi connectivity index (χ0v) is 14.9. The molecule has 3 rings (SSSR count). The lowest BCUT2D eigenvalue weighted by atomic mass is 9.99. The highest BCUT2D eigenvalue weighted by atomic mass is 79.9. The van der Waals surface area contributed by atoms with Crippen LogP contribution in [0.5, 0.6) is 0 Å². The molecule has 0 spiro atoms. The van der Waals surface area contributed by atoms with Crippen molar-refractivity contribution in [3.8, 4) is 0 Å². The Bertz CT molecular complexity index is 671. The molecule has 1 amide bonds. The second kappa shape index (κ2) is 6.49. The number of rotatable bonds is 2. The molecule has 0 N–H and O–H groups in total. The monoisotopic (exact) mass is 409 g/mol. The molecule has 2 aromatic rings. The lowest BCUT2D eigenvalue weighted by molar-refractivity contribution is 0.0686. The Balaban J connectivity index is 1.85. The third kappa shape index (κ3) is 3.32. The van der Waals surface area contributed by atoms with Crippen LogP contribution in [0.3, 0.4) is 0 Å². The van der Waals surface area contributed by atoms with Gasteiger partial charge in [-0.1, -0.05) is 44.0 Å². The summed E-state index contributed by atoms with van der Waals surface area (Å²) in [4.78, 5) is 14.7. The Labute approximate surface area is 141 Å². The SMILES string of the molecule is O=C(c1ccc2cc(Br)ccc2c1)N1CCCC(CBr)C1. The third-order valence-corrected chi connectivity index (χ3v) is 5.48. The molecule has 0 radical (unpaired) electrons. The van der Waals surface area contributed by atoms with Crippen molar-refractivity contribution < 1.29 is 4.79 Å². The fourth-order valence-corrected chi connectivity index (χ4v) is 3.81. The van der Waals surface area contributed by atoms with Crippen molar-refractivity contribution in [3.63, 3.8) is 0 Å². The van der Waals surface area contributed by atoms with Crippen molar-refractivity contribution in [2.45, 2.75) is 12.8 Å². The molecule has 0 saturated carbocycles. The van der Waals surface area contributed by atoms with Gasteiger partial charge in [0.1, 0.15) is 0 Å². The maximum atomic E-state index is 12.7. The van der Waals surface area contributed by atoms with Crippen LogP contribution >= 0.6 is 31.9 Å². The molecule has 1 aliphatic rings. The standard InChI is InChI=1S/C17H17Br2NO/c18-10-12-2-1-7-20(11-12)17(21)15-4-3-14-9-16(19)6-5-13(14)8-15/h3-6,8-9,12H,1-2,7,10-11H2. The summed E-state index contributed by atoms with van der Waals surface area (Å²) >= 11 is 7.02. The number of likely N-dealkylation sites (tertiary alicyclic amines) is 1. The molecule has 1 saturated heterocycles. The normalized spacial score (nSPS) is 19.0. The van der Waals surface area contributed by atoms with Crippen molar-refractivity contribution in [2.24, 2.45) is 5.92 Å². The number of fused-ring (bicyclic) bond motifs is 1. The topological polar surface area (TPSA) is 20.3 Å². The van der Waals surface area contributed by atoms with E-state index < -0.39 is 0 Å². The van der Waals surface area contributed by atoms with Gasteiger partial charge in [0.25, 0.3) is 5.91 Å². The van der Waals surface area contributed by atoms with E-state index in [4.69, 9.17) is 0 Å². The van der Waals surface area contributed by atoms with Crippen LogP contribution in [0.15, 0.2) is 40.9 Å². The number of benzene rings is 2. The number of carbonyl (C=O) groups excluding carboxylic acids is 1. The van der Waals surface area contributed by atoms with Gasteiger partial charge >= 0.3 is 0 Å². The highest BCUT2D eigenvalue weighted by Gasteiger charge is 2.23. The zero-order chi connectivity index (χ0) is 14.8. The molecule has 1 unspecified atom stereocenters. The summed E-state index contributed by atoms with van der Waals surface area (Å²) in [6.45, 7) is 1.74. The van der Waals surface area contributed by atoms with Crippen molar-refractivity contribution >= 4 is 48.5 Å². The molecule has 1 heterocycles. The maximum Gasteiger partial charge on any atom is 0.253 e.